The second-order valence-electron chi connectivity index (χ2n) is 5.67. The van der Waals surface area contributed by atoms with Crippen LogP contribution in [0, 0.1) is 17.5 Å². The first-order valence-electron chi connectivity index (χ1n) is 7.35. The minimum atomic E-state index is -3.79. The standard InChI is InChI=1S/C16H15F3N2O4S/c1-26(24,25)14(5-4-12(20)22)21-7-6-9(8-13(21)23)15-10(17)2-3-11(18)16(15)19/h2-3,6-8,14H,4-5H2,1H3,(H2,20,22). The van der Waals surface area contributed by atoms with E-state index in [1.54, 1.807) is 0 Å². The summed E-state index contributed by atoms with van der Waals surface area (Å²) in [6, 6.07) is 3.21. The van der Waals surface area contributed by atoms with Gasteiger partial charge in [0.05, 0.1) is 5.56 Å². The largest absolute Gasteiger partial charge is 0.370 e. The minimum Gasteiger partial charge on any atom is -0.370 e. The molecule has 0 saturated carbocycles. The van der Waals surface area contributed by atoms with Gasteiger partial charge in [-0.2, -0.15) is 0 Å². The zero-order chi connectivity index (χ0) is 19.6. The molecule has 1 amide bonds. The molecule has 2 rings (SSSR count). The predicted molar refractivity (Wildman–Crippen MR) is 88.3 cm³/mol. The lowest BCUT2D eigenvalue weighted by molar-refractivity contribution is -0.118. The molecule has 26 heavy (non-hydrogen) atoms. The summed E-state index contributed by atoms with van der Waals surface area (Å²) in [6.45, 7) is 0. The predicted octanol–water partition coefficient (Wildman–Crippen LogP) is 1.74. The van der Waals surface area contributed by atoms with Gasteiger partial charge in [-0.1, -0.05) is 0 Å². The van der Waals surface area contributed by atoms with Crippen LogP contribution in [-0.4, -0.2) is 25.1 Å². The molecule has 0 radical (unpaired) electrons. The third kappa shape index (κ3) is 4.13. The number of nitrogens with zero attached hydrogens (tertiary/aromatic N) is 1. The summed E-state index contributed by atoms with van der Waals surface area (Å²) in [5.41, 5.74) is 3.14. The van der Waals surface area contributed by atoms with Crippen LogP contribution >= 0.6 is 0 Å². The van der Waals surface area contributed by atoms with Crippen molar-refractivity contribution in [1.82, 2.24) is 4.57 Å². The Labute approximate surface area is 147 Å². The summed E-state index contributed by atoms with van der Waals surface area (Å²) in [5.74, 6) is -4.57. The topological polar surface area (TPSA) is 99.2 Å². The lowest BCUT2D eigenvalue weighted by Crippen LogP contribution is -2.30. The molecule has 10 heteroatoms. The average molecular weight is 388 g/mol. The van der Waals surface area contributed by atoms with E-state index < -0.39 is 49.7 Å². The Balaban J connectivity index is 2.54. The van der Waals surface area contributed by atoms with Crippen molar-refractivity contribution in [2.24, 2.45) is 5.73 Å². The summed E-state index contributed by atoms with van der Waals surface area (Å²) in [7, 11) is -3.79. The van der Waals surface area contributed by atoms with Gasteiger partial charge in [0.15, 0.2) is 21.5 Å². The van der Waals surface area contributed by atoms with Crippen LogP contribution in [0.25, 0.3) is 11.1 Å². The molecule has 1 atom stereocenters. The van der Waals surface area contributed by atoms with Gasteiger partial charge in [-0.3, -0.25) is 14.2 Å². The van der Waals surface area contributed by atoms with Crippen LogP contribution in [0.15, 0.2) is 35.3 Å². The molecular weight excluding hydrogens is 373 g/mol. The number of rotatable bonds is 6. The first-order valence-corrected chi connectivity index (χ1v) is 9.31. The van der Waals surface area contributed by atoms with Gasteiger partial charge in [0.2, 0.25) is 5.91 Å². The summed E-state index contributed by atoms with van der Waals surface area (Å²) in [5, 5.41) is -1.38. The van der Waals surface area contributed by atoms with Crippen LogP contribution < -0.4 is 11.3 Å². The van der Waals surface area contributed by atoms with Crippen molar-refractivity contribution in [3.8, 4) is 11.1 Å². The van der Waals surface area contributed by atoms with E-state index in [1.807, 2.05) is 0 Å². The van der Waals surface area contributed by atoms with Gasteiger partial charge in [-0.05, 0) is 30.2 Å². The second kappa shape index (κ2) is 7.32. The van der Waals surface area contributed by atoms with Crippen molar-refractivity contribution < 1.29 is 26.4 Å². The fraction of sp³-hybridized carbons (Fsp3) is 0.250. The maximum atomic E-state index is 13.9. The van der Waals surface area contributed by atoms with Gasteiger partial charge in [0, 0.05) is 24.9 Å². The molecule has 0 saturated heterocycles. The number of amides is 1. The Morgan fingerprint density at radius 1 is 1.19 bits per heavy atom. The number of sulfone groups is 1. The Morgan fingerprint density at radius 2 is 1.81 bits per heavy atom. The minimum absolute atomic E-state index is 0.240. The van der Waals surface area contributed by atoms with Crippen LogP contribution in [0.1, 0.15) is 18.2 Å². The number of benzene rings is 1. The maximum absolute atomic E-state index is 13.9. The third-order valence-electron chi connectivity index (χ3n) is 3.72. The Bertz CT molecular complexity index is 1020. The average Bonchev–Trinajstić information content (AvgIpc) is 2.52. The van der Waals surface area contributed by atoms with Crippen LogP contribution in [-0.2, 0) is 14.6 Å². The highest BCUT2D eigenvalue weighted by Crippen LogP contribution is 2.27. The van der Waals surface area contributed by atoms with Crippen molar-refractivity contribution in [2.75, 3.05) is 6.26 Å². The molecule has 1 unspecified atom stereocenters. The summed E-state index contributed by atoms with van der Waals surface area (Å²) in [4.78, 5) is 23.2. The number of carbonyl (C=O) groups excluding carboxylic acids is 1. The van der Waals surface area contributed by atoms with Crippen LogP contribution in [0.4, 0.5) is 13.2 Å². The molecule has 2 N–H and O–H groups in total. The van der Waals surface area contributed by atoms with Crippen molar-refractivity contribution in [2.45, 2.75) is 18.2 Å². The van der Waals surface area contributed by atoms with E-state index in [0.29, 0.717) is 12.1 Å². The highest BCUT2D eigenvalue weighted by molar-refractivity contribution is 7.90. The van der Waals surface area contributed by atoms with Gasteiger partial charge in [-0.15, -0.1) is 0 Å². The van der Waals surface area contributed by atoms with E-state index in [9.17, 15) is 31.2 Å². The number of primary amides is 1. The van der Waals surface area contributed by atoms with Gasteiger partial charge >= 0.3 is 0 Å². The second-order valence-corrected chi connectivity index (χ2v) is 7.87. The van der Waals surface area contributed by atoms with Gasteiger partial charge in [0.25, 0.3) is 5.56 Å². The van der Waals surface area contributed by atoms with Gasteiger partial charge in [-0.25, -0.2) is 21.6 Å². The molecule has 1 aromatic heterocycles. The van der Waals surface area contributed by atoms with Crippen molar-refractivity contribution >= 4 is 15.7 Å². The smallest absolute Gasteiger partial charge is 0.252 e. The quantitative estimate of drug-likeness (QED) is 0.762. The molecule has 0 aliphatic carbocycles. The number of halogens is 3. The Hall–Kier alpha value is -2.62. The van der Waals surface area contributed by atoms with Crippen molar-refractivity contribution in [1.29, 1.82) is 0 Å². The summed E-state index contributed by atoms with van der Waals surface area (Å²) in [6.07, 6.45) is 1.38. The Morgan fingerprint density at radius 3 is 2.35 bits per heavy atom. The summed E-state index contributed by atoms with van der Waals surface area (Å²) >= 11 is 0. The molecule has 0 aliphatic heterocycles. The monoisotopic (exact) mass is 388 g/mol. The number of hydrogen-bond donors (Lipinski definition) is 1. The third-order valence-corrected chi connectivity index (χ3v) is 5.17. The van der Waals surface area contributed by atoms with Crippen molar-refractivity contribution in [3.05, 3.63) is 58.3 Å². The number of carbonyl (C=O) groups is 1. The first kappa shape index (κ1) is 19.7. The molecule has 1 aromatic carbocycles. The normalized spacial score (nSPS) is 12.8. The molecule has 0 fully saturated rings. The number of pyridine rings is 1. The van der Waals surface area contributed by atoms with Crippen LogP contribution in [0.3, 0.4) is 0 Å². The fourth-order valence-corrected chi connectivity index (χ4v) is 3.63. The molecule has 0 spiro atoms. The van der Waals surface area contributed by atoms with Gasteiger partial charge < -0.3 is 5.73 Å². The fourth-order valence-electron chi connectivity index (χ4n) is 2.50. The Kier molecular flexibility index (Phi) is 5.55. The zero-order valence-corrected chi connectivity index (χ0v) is 14.4. The van der Waals surface area contributed by atoms with E-state index in [0.717, 1.165) is 29.2 Å². The molecule has 2 aromatic rings. The van der Waals surface area contributed by atoms with E-state index >= 15 is 0 Å². The first-order chi connectivity index (χ1) is 12.0. The molecule has 6 nitrogen and oxygen atoms in total. The van der Waals surface area contributed by atoms with Crippen LogP contribution in [0.2, 0.25) is 0 Å². The molecular formula is C16H15F3N2O4S. The van der Waals surface area contributed by atoms with E-state index in [1.165, 1.54) is 0 Å². The molecule has 1 heterocycles. The van der Waals surface area contributed by atoms with Crippen molar-refractivity contribution in [3.63, 3.8) is 0 Å². The SMILES string of the molecule is CS(=O)(=O)C(CCC(N)=O)n1ccc(-c2c(F)ccc(F)c2F)cc1=O. The lowest BCUT2D eigenvalue weighted by atomic mass is 10.1. The lowest BCUT2D eigenvalue weighted by Gasteiger charge is -2.18. The molecule has 0 bridgehead atoms. The van der Waals surface area contributed by atoms with E-state index in [4.69, 9.17) is 5.73 Å². The number of aromatic nitrogens is 1. The maximum Gasteiger partial charge on any atom is 0.252 e. The van der Waals surface area contributed by atoms with E-state index in [2.05, 4.69) is 0 Å². The van der Waals surface area contributed by atoms with Crippen LogP contribution in [0.5, 0.6) is 0 Å². The van der Waals surface area contributed by atoms with Gasteiger partial charge in [0.1, 0.15) is 11.2 Å². The molecule has 0 aliphatic rings. The summed E-state index contributed by atoms with van der Waals surface area (Å²) < 4.78 is 65.7. The zero-order valence-electron chi connectivity index (χ0n) is 13.6. The highest BCUT2D eigenvalue weighted by Gasteiger charge is 2.25. The molecule has 140 valence electrons. The highest BCUT2D eigenvalue weighted by atomic mass is 32.2. The number of nitrogens with two attached hydrogens (primary N) is 1. The van der Waals surface area contributed by atoms with E-state index in [-0.39, 0.29) is 18.4 Å². The number of hydrogen-bond acceptors (Lipinski definition) is 4.